The molecular formula is C19H27FN6O. The number of piperazine rings is 1. The lowest BCUT2D eigenvalue weighted by atomic mass is 10.1. The summed E-state index contributed by atoms with van der Waals surface area (Å²) in [6, 6.07) is 7.17. The van der Waals surface area contributed by atoms with Crippen LogP contribution in [-0.2, 0) is 11.3 Å². The summed E-state index contributed by atoms with van der Waals surface area (Å²) in [6.45, 7) is 7.03. The first kappa shape index (κ1) is 18.3. The second-order valence-corrected chi connectivity index (χ2v) is 7.25. The van der Waals surface area contributed by atoms with Gasteiger partial charge in [0.25, 0.3) is 0 Å². The molecule has 2 unspecified atom stereocenters. The van der Waals surface area contributed by atoms with Gasteiger partial charge in [-0.3, -0.25) is 4.90 Å². The van der Waals surface area contributed by atoms with Crippen LogP contribution in [0, 0.1) is 5.82 Å². The maximum atomic E-state index is 14.1. The van der Waals surface area contributed by atoms with Crippen LogP contribution < -0.4 is 4.90 Å². The number of benzene rings is 1. The summed E-state index contributed by atoms with van der Waals surface area (Å²) >= 11 is 0. The summed E-state index contributed by atoms with van der Waals surface area (Å²) in [5.41, 5.74) is 0.688. The van der Waals surface area contributed by atoms with Gasteiger partial charge >= 0.3 is 0 Å². The first-order valence-corrected chi connectivity index (χ1v) is 9.87. The molecule has 1 aromatic carbocycles. The normalized spacial score (nSPS) is 22.3. The van der Waals surface area contributed by atoms with Gasteiger partial charge in [-0.25, -0.2) is 9.07 Å². The molecule has 2 aliphatic rings. The highest BCUT2D eigenvalue weighted by atomic mass is 19.1. The van der Waals surface area contributed by atoms with E-state index in [0.29, 0.717) is 12.2 Å². The van der Waals surface area contributed by atoms with E-state index in [9.17, 15) is 4.39 Å². The molecule has 4 rings (SSSR count). The molecule has 0 amide bonds. The first-order chi connectivity index (χ1) is 13.3. The molecule has 0 N–H and O–H groups in total. The van der Waals surface area contributed by atoms with Crippen molar-refractivity contribution in [1.29, 1.82) is 0 Å². The van der Waals surface area contributed by atoms with Crippen molar-refractivity contribution in [2.24, 2.45) is 0 Å². The van der Waals surface area contributed by atoms with Crippen molar-refractivity contribution in [1.82, 2.24) is 25.1 Å². The van der Waals surface area contributed by atoms with E-state index in [2.05, 4.69) is 32.2 Å². The maximum Gasteiger partial charge on any atom is 0.168 e. The van der Waals surface area contributed by atoms with Crippen LogP contribution in [0.3, 0.4) is 0 Å². The minimum atomic E-state index is -0.154. The molecular weight excluding hydrogens is 347 g/mol. The van der Waals surface area contributed by atoms with E-state index in [-0.39, 0.29) is 18.0 Å². The molecule has 0 radical (unpaired) electrons. The Morgan fingerprint density at radius 3 is 2.74 bits per heavy atom. The summed E-state index contributed by atoms with van der Waals surface area (Å²) in [5.74, 6) is 0.755. The van der Waals surface area contributed by atoms with E-state index in [4.69, 9.17) is 4.74 Å². The largest absolute Gasteiger partial charge is 0.376 e. The number of para-hydroxylation sites is 1. The Bertz CT molecular complexity index is 739. The van der Waals surface area contributed by atoms with Crippen LogP contribution in [-0.4, -0.2) is 64.0 Å². The first-order valence-electron chi connectivity index (χ1n) is 9.87. The highest BCUT2D eigenvalue weighted by Crippen LogP contribution is 2.27. The second-order valence-electron chi connectivity index (χ2n) is 7.25. The molecule has 146 valence electrons. The quantitative estimate of drug-likeness (QED) is 0.773. The monoisotopic (exact) mass is 374 g/mol. The van der Waals surface area contributed by atoms with Crippen molar-refractivity contribution in [3.63, 3.8) is 0 Å². The van der Waals surface area contributed by atoms with Crippen LogP contribution in [0.15, 0.2) is 24.3 Å². The lowest BCUT2D eigenvalue weighted by Crippen LogP contribution is -2.48. The van der Waals surface area contributed by atoms with Crippen LogP contribution in [0.2, 0.25) is 0 Å². The van der Waals surface area contributed by atoms with Crippen LogP contribution >= 0.6 is 0 Å². The van der Waals surface area contributed by atoms with Crippen LogP contribution in [0.25, 0.3) is 0 Å². The van der Waals surface area contributed by atoms with Crippen LogP contribution in [0.1, 0.15) is 38.1 Å². The molecule has 0 aliphatic carbocycles. The Kier molecular flexibility index (Phi) is 5.63. The molecule has 7 nitrogen and oxygen atoms in total. The molecule has 2 fully saturated rings. The van der Waals surface area contributed by atoms with Crippen molar-refractivity contribution in [2.45, 2.75) is 44.9 Å². The zero-order valence-corrected chi connectivity index (χ0v) is 15.8. The molecule has 2 saturated heterocycles. The summed E-state index contributed by atoms with van der Waals surface area (Å²) in [5, 5.41) is 12.5. The van der Waals surface area contributed by atoms with E-state index in [1.807, 2.05) is 16.8 Å². The molecule has 1 aromatic heterocycles. The predicted molar refractivity (Wildman–Crippen MR) is 100 cm³/mol. The number of hydrogen-bond acceptors (Lipinski definition) is 6. The van der Waals surface area contributed by atoms with Crippen molar-refractivity contribution in [3.05, 3.63) is 35.9 Å². The molecule has 27 heavy (non-hydrogen) atoms. The van der Waals surface area contributed by atoms with E-state index in [1.165, 1.54) is 6.07 Å². The number of aromatic nitrogens is 4. The zero-order chi connectivity index (χ0) is 18.6. The number of ether oxygens (including phenoxy) is 1. The Labute approximate surface area is 159 Å². The van der Waals surface area contributed by atoms with Crippen LogP contribution in [0.5, 0.6) is 0 Å². The third-order valence-electron chi connectivity index (χ3n) is 5.59. The molecule has 2 aliphatic heterocycles. The smallest absolute Gasteiger partial charge is 0.168 e. The lowest BCUT2D eigenvalue weighted by molar-refractivity contribution is 0.0894. The van der Waals surface area contributed by atoms with Gasteiger partial charge in [0.2, 0.25) is 0 Å². The third kappa shape index (κ3) is 3.96. The van der Waals surface area contributed by atoms with Gasteiger partial charge in [0.15, 0.2) is 5.82 Å². The van der Waals surface area contributed by atoms with Crippen molar-refractivity contribution in [3.8, 4) is 0 Å². The molecule has 0 saturated carbocycles. The fourth-order valence-corrected chi connectivity index (χ4v) is 4.15. The molecule has 2 atom stereocenters. The van der Waals surface area contributed by atoms with Gasteiger partial charge in [0.1, 0.15) is 5.82 Å². The Hall–Kier alpha value is -2.06. The summed E-state index contributed by atoms with van der Waals surface area (Å²) in [7, 11) is 0. The molecule has 0 spiro atoms. The standard InChI is InChI=1S/C19H27FN6O/c1-2-17(19-21-22-23-26(19)14-15-6-5-13-27-15)24-9-11-25(12-10-24)18-8-4-3-7-16(18)20/h3-4,7-8,15,17H,2,5-6,9-14H2,1H3. The fourth-order valence-electron chi connectivity index (χ4n) is 4.15. The fraction of sp³-hybridized carbons (Fsp3) is 0.632. The Morgan fingerprint density at radius 2 is 2.04 bits per heavy atom. The summed E-state index contributed by atoms with van der Waals surface area (Å²) in [6.07, 6.45) is 3.32. The summed E-state index contributed by atoms with van der Waals surface area (Å²) in [4.78, 5) is 4.53. The number of halogens is 1. The Balaban J connectivity index is 1.42. The highest BCUT2D eigenvalue weighted by molar-refractivity contribution is 5.48. The number of nitrogens with zero attached hydrogens (tertiary/aromatic N) is 6. The van der Waals surface area contributed by atoms with E-state index < -0.39 is 0 Å². The van der Waals surface area contributed by atoms with Gasteiger partial charge in [0, 0.05) is 32.8 Å². The highest BCUT2D eigenvalue weighted by Gasteiger charge is 2.29. The average Bonchev–Trinajstić information content (AvgIpc) is 3.37. The topological polar surface area (TPSA) is 59.3 Å². The van der Waals surface area contributed by atoms with Gasteiger partial charge in [-0.05, 0) is 41.8 Å². The zero-order valence-electron chi connectivity index (χ0n) is 15.8. The summed E-state index contributed by atoms with van der Waals surface area (Å²) < 4.78 is 21.7. The molecule has 3 heterocycles. The van der Waals surface area contributed by atoms with E-state index >= 15 is 0 Å². The predicted octanol–water partition coefficient (Wildman–Crippen LogP) is 2.26. The molecule has 2 aromatic rings. The van der Waals surface area contributed by atoms with E-state index in [0.717, 1.165) is 57.9 Å². The third-order valence-corrected chi connectivity index (χ3v) is 5.59. The maximum absolute atomic E-state index is 14.1. The van der Waals surface area contributed by atoms with Crippen LogP contribution in [0.4, 0.5) is 10.1 Å². The number of anilines is 1. The van der Waals surface area contributed by atoms with Crippen molar-refractivity contribution < 1.29 is 9.13 Å². The number of rotatable bonds is 6. The number of tetrazole rings is 1. The van der Waals surface area contributed by atoms with Gasteiger partial charge in [-0.15, -0.1) is 5.10 Å². The average molecular weight is 374 g/mol. The Morgan fingerprint density at radius 1 is 1.22 bits per heavy atom. The van der Waals surface area contributed by atoms with Gasteiger partial charge in [0.05, 0.1) is 24.4 Å². The molecule has 0 bridgehead atoms. The minimum absolute atomic E-state index is 0.154. The SMILES string of the molecule is CCC(c1nnnn1CC1CCCO1)N1CCN(c2ccccc2F)CC1. The number of hydrogen-bond donors (Lipinski definition) is 0. The second kappa shape index (κ2) is 8.31. The van der Waals surface area contributed by atoms with Gasteiger partial charge in [-0.1, -0.05) is 19.1 Å². The van der Waals surface area contributed by atoms with Gasteiger partial charge in [-0.2, -0.15) is 0 Å². The minimum Gasteiger partial charge on any atom is -0.376 e. The van der Waals surface area contributed by atoms with Gasteiger partial charge < -0.3 is 9.64 Å². The molecule has 8 heteroatoms. The van der Waals surface area contributed by atoms with Crippen molar-refractivity contribution in [2.75, 3.05) is 37.7 Å². The van der Waals surface area contributed by atoms with E-state index in [1.54, 1.807) is 6.07 Å². The lowest BCUT2D eigenvalue weighted by Gasteiger charge is -2.39. The van der Waals surface area contributed by atoms with Crippen molar-refractivity contribution >= 4 is 5.69 Å².